The Bertz CT molecular complexity index is 692. The molecule has 3 heterocycles. The molecule has 0 bridgehead atoms. The lowest BCUT2D eigenvalue weighted by Gasteiger charge is -2.30. The van der Waals surface area contributed by atoms with Crippen LogP contribution in [0.15, 0.2) is 47.6 Å². The van der Waals surface area contributed by atoms with Crippen LogP contribution in [0.1, 0.15) is 5.56 Å². The average molecular weight is 280 g/mol. The Labute approximate surface area is 123 Å². The highest BCUT2D eigenvalue weighted by molar-refractivity contribution is 6.03. The summed E-state index contributed by atoms with van der Waals surface area (Å²) in [5.74, 6) is 3.13. The van der Waals surface area contributed by atoms with Crippen LogP contribution in [0.2, 0.25) is 0 Å². The van der Waals surface area contributed by atoms with Gasteiger partial charge in [-0.2, -0.15) is 0 Å². The maximum atomic E-state index is 6.00. The zero-order valence-corrected chi connectivity index (χ0v) is 11.6. The Hall–Kier alpha value is -2.40. The van der Waals surface area contributed by atoms with Crippen molar-refractivity contribution in [2.24, 2.45) is 4.99 Å². The molecule has 0 radical (unpaired) electrons. The first-order valence-corrected chi connectivity index (χ1v) is 7.18. The number of para-hydroxylation sites is 1. The number of aliphatic imine (C=N–C) groups is 1. The predicted molar refractivity (Wildman–Crippen MR) is 81.4 cm³/mol. The molecule has 0 amide bonds. The number of nitrogens with zero attached hydrogens (tertiary/aromatic N) is 3. The first-order valence-electron chi connectivity index (χ1n) is 7.18. The molecule has 1 saturated heterocycles. The number of rotatable bonds is 0. The molecule has 2 aliphatic rings. The molecule has 0 saturated carbocycles. The van der Waals surface area contributed by atoms with E-state index in [0.717, 1.165) is 43.3 Å². The molecule has 21 heavy (non-hydrogen) atoms. The highest BCUT2D eigenvalue weighted by atomic mass is 16.5. The lowest BCUT2D eigenvalue weighted by Crippen LogP contribution is -2.46. The predicted octanol–water partition coefficient (Wildman–Crippen LogP) is 2.17. The van der Waals surface area contributed by atoms with Crippen molar-refractivity contribution in [1.82, 2.24) is 15.2 Å². The maximum absolute atomic E-state index is 6.00. The van der Waals surface area contributed by atoms with Gasteiger partial charge >= 0.3 is 0 Å². The second-order valence-corrected chi connectivity index (χ2v) is 5.10. The molecule has 5 nitrogen and oxygen atoms in total. The van der Waals surface area contributed by atoms with Gasteiger partial charge in [0.2, 0.25) is 0 Å². The van der Waals surface area contributed by atoms with Crippen molar-refractivity contribution in [3.63, 3.8) is 0 Å². The van der Waals surface area contributed by atoms with Gasteiger partial charge in [-0.3, -0.25) is 0 Å². The standard InChI is InChI=1S/C16H16N4O/c1-2-5-13-12(4-1)16(20-10-8-17-9-11-20)19-15-14(21-13)6-3-7-18-15/h1-7,17H,8-11H2. The second kappa shape index (κ2) is 5.18. The van der Waals surface area contributed by atoms with E-state index < -0.39 is 0 Å². The van der Waals surface area contributed by atoms with E-state index in [0.29, 0.717) is 11.6 Å². The lowest BCUT2D eigenvalue weighted by molar-refractivity contribution is 0.357. The molecule has 0 unspecified atom stereocenters. The summed E-state index contributed by atoms with van der Waals surface area (Å²) < 4.78 is 6.00. The van der Waals surface area contributed by atoms with Crippen LogP contribution in [-0.2, 0) is 0 Å². The smallest absolute Gasteiger partial charge is 0.197 e. The highest BCUT2D eigenvalue weighted by Gasteiger charge is 2.23. The van der Waals surface area contributed by atoms with E-state index in [1.807, 2.05) is 30.3 Å². The molecule has 2 aromatic rings. The van der Waals surface area contributed by atoms with Crippen molar-refractivity contribution >= 4 is 11.7 Å². The van der Waals surface area contributed by atoms with E-state index in [1.165, 1.54) is 0 Å². The van der Waals surface area contributed by atoms with Crippen molar-refractivity contribution < 1.29 is 4.74 Å². The summed E-state index contributed by atoms with van der Waals surface area (Å²) in [5.41, 5.74) is 1.03. The average Bonchev–Trinajstić information content (AvgIpc) is 2.72. The molecule has 106 valence electrons. The quantitative estimate of drug-likeness (QED) is 0.803. The SMILES string of the molecule is c1ccc2c(c1)Oc1cccnc1N=C2N1CCNCC1. The fraction of sp³-hybridized carbons (Fsp3) is 0.250. The monoisotopic (exact) mass is 280 g/mol. The van der Waals surface area contributed by atoms with Crippen molar-refractivity contribution in [3.8, 4) is 11.5 Å². The third-order valence-electron chi connectivity index (χ3n) is 3.73. The highest BCUT2D eigenvalue weighted by Crippen LogP contribution is 2.36. The molecule has 1 fully saturated rings. The third-order valence-corrected chi connectivity index (χ3v) is 3.73. The maximum Gasteiger partial charge on any atom is 0.197 e. The Kier molecular flexibility index (Phi) is 3.05. The van der Waals surface area contributed by atoms with E-state index in [-0.39, 0.29) is 0 Å². The van der Waals surface area contributed by atoms with Crippen LogP contribution in [0, 0.1) is 0 Å². The van der Waals surface area contributed by atoms with Crippen LogP contribution in [-0.4, -0.2) is 41.9 Å². The topological polar surface area (TPSA) is 49.8 Å². The number of aromatic nitrogens is 1. The van der Waals surface area contributed by atoms with Crippen molar-refractivity contribution in [3.05, 3.63) is 48.2 Å². The van der Waals surface area contributed by atoms with Gasteiger partial charge in [0.25, 0.3) is 0 Å². The molecule has 1 N–H and O–H groups in total. The van der Waals surface area contributed by atoms with Gasteiger partial charge in [0.1, 0.15) is 11.6 Å². The molecule has 1 aromatic carbocycles. The number of ether oxygens (including phenoxy) is 1. The minimum Gasteiger partial charge on any atom is -0.453 e. The number of piperazine rings is 1. The number of pyridine rings is 1. The minimum atomic E-state index is 0.641. The van der Waals surface area contributed by atoms with Crippen molar-refractivity contribution in [1.29, 1.82) is 0 Å². The van der Waals surface area contributed by atoms with Gasteiger partial charge in [0.15, 0.2) is 11.6 Å². The van der Waals surface area contributed by atoms with Crippen LogP contribution in [0.25, 0.3) is 0 Å². The summed E-state index contributed by atoms with van der Waals surface area (Å²) in [6.07, 6.45) is 1.75. The van der Waals surface area contributed by atoms with Gasteiger partial charge in [-0.1, -0.05) is 12.1 Å². The zero-order chi connectivity index (χ0) is 14.1. The van der Waals surface area contributed by atoms with Crippen molar-refractivity contribution in [2.45, 2.75) is 0 Å². The van der Waals surface area contributed by atoms with Crippen LogP contribution in [0.5, 0.6) is 11.5 Å². The summed E-state index contributed by atoms with van der Waals surface area (Å²) >= 11 is 0. The van der Waals surface area contributed by atoms with Crippen molar-refractivity contribution in [2.75, 3.05) is 26.2 Å². The molecule has 4 rings (SSSR count). The zero-order valence-electron chi connectivity index (χ0n) is 11.6. The van der Waals surface area contributed by atoms with Crippen LogP contribution in [0.4, 0.5) is 5.82 Å². The Morgan fingerprint density at radius 2 is 1.81 bits per heavy atom. The van der Waals surface area contributed by atoms with Gasteiger partial charge in [0, 0.05) is 32.4 Å². The summed E-state index contributed by atoms with van der Waals surface area (Å²) in [4.78, 5) is 11.4. The Morgan fingerprint density at radius 1 is 1.00 bits per heavy atom. The number of amidine groups is 1. The van der Waals surface area contributed by atoms with Gasteiger partial charge in [-0.25, -0.2) is 9.98 Å². The second-order valence-electron chi connectivity index (χ2n) is 5.10. The van der Waals surface area contributed by atoms with Gasteiger partial charge in [0.05, 0.1) is 5.56 Å². The summed E-state index contributed by atoms with van der Waals surface area (Å²) in [6, 6.07) is 11.8. The molecular weight excluding hydrogens is 264 g/mol. The van der Waals surface area contributed by atoms with Crippen LogP contribution in [0.3, 0.4) is 0 Å². The van der Waals surface area contributed by atoms with E-state index in [1.54, 1.807) is 6.20 Å². The Morgan fingerprint density at radius 3 is 2.71 bits per heavy atom. The van der Waals surface area contributed by atoms with E-state index >= 15 is 0 Å². The largest absolute Gasteiger partial charge is 0.453 e. The van der Waals surface area contributed by atoms with E-state index in [2.05, 4.69) is 21.3 Å². The third kappa shape index (κ3) is 2.25. The Balaban J connectivity index is 1.87. The van der Waals surface area contributed by atoms with Crippen LogP contribution < -0.4 is 10.1 Å². The van der Waals surface area contributed by atoms with E-state index in [4.69, 9.17) is 9.73 Å². The van der Waals surface area contributed by atoms with Crippen LogP contribution >= 0.6 is 0 Å². The number of nitrogens with one attached hydrogen (secondary N) is 1. The minimum absolute atomic E-state index is 0.641. The summed E-state index contributed by atoms with van der Waals surface area (Å²) in [6.45, 7) is 3.82. The molecule has 2 aliphatic heterocycles. The normalized spacial score (nSPS) is 17.1. The number of hydrogen-bond donors (Lipinski definition) is 1. The molecule has 0 aliphatic carbocycles. The molecule has 0 spiro atoms. The first-order chi connectivity index (χ1) is 10.4. The van der Waals surface area contributed by atoms with Gasteiger partial charge in [-0.15, -0.1) is 0 Å². The number of fused-ring (bicyclic) bond motifs is 2. The fourth-order valence-corrected chi connectivity index (χ4v) is 2.68. The molecule has 1 aromatic heterocycles. The lowest BCUT2D eigenvalue weighted by atomic mass is 10.1. The van der Waals surface area contributed by atoms with Gasteiger partial charge < -0.3 is 15.0 Å². The number of hydrogen-bond acceptors (Lipinski definition) is 5. The summed E-state index contributed by atoms with van der Waals surface area (Å²) in [7, 11) is 0. The summed E-state index contributed by atoms with van der Waals surface area (Å²) in [5, 5.41) is 3.37. The first kappa shape index (κ1) is 12.3. The van der Waals surface area contributed by atoms with Gasteiger partial charge in [-0.05, 0) is 24.3 Å². The molecular formula is C16H16N4O. The fourth-order valence-electron chi connectivity index (χ4n) is 2.68. The number of benzene rings is 1. The van der Waals surface area contributed by atoms with E-state index in [9.17, 15) is 0 Å². The molecule has 0 atom stereocenters. The molecule has 5 heteroatoms.